The van der Waals surface area contributed by atoms with Crippen molar-refractivity contribution in [2.24, 2.45) is 12.8 Å². The SMILES string of the molecule is CN(C)C(CNC(=O)C(N)=O)c1cn(C)c2ccccc12. The van der Waals surface area contributed by atoms with Gasteiger partial charge in [-0.3, -0.25) is 9.59 Å². The van der Waals surface area contributed by atoms with Crippen LogP contribution in [0.2, 0.25) is 0 Å². The first kappa shape index (κ1) is 15.1. The van der Waals surface area contributed by atoms with Crippen molar-refractivity contribution in [2.45, 2.75) is 6.04 Å². The number of carbonyl (C=O) groups excluding carboxylic acids is 2. The third kappa shape index (κ3) is 3.05. The second-order valence-corrected chi connectivity index (χ2v) is 5.27. The first-order valence-corrected chi connectivity index (χ1v) is 6.70. The normalized spacial score (nSPS) is 12.6. The van der Waals surface area contributed by atoms with Gasteiger partial charge in [-0.15, -0.1) is 0 Å². The summed E-state index contributed by atoms with van der Waals surface area (Å²) in [4.78, 5) is 24.2. The van der Waals surface area contributed by atoms with Gasteiger partial charge in [0.15, 0.2) is 0 Å². The summed E-state index contributed by atoms with van der Waals surface area (Å²) in [6.07, 6.45) is 2.05. The minimum absolute atomic E-state index is 0.0422. The Bertz CT molecular complexity index is 675. The van der Waals surface area contributed by atoms with Crippen molar-refractivity contribution in [1.82, 2.24) is 14.8 Å². The molecule has 0 spiro atoms. The van der Waals surface area contributed by atoms with Crippen LogP contribution in [-0.2, 0) is 16.6 Å². The van der Waals surface area contributed by atoms with Gasteiger partial charge in [-0.2, -0.15) is 0 Å². The van der Waals surface area contributed by atoms with Crippen LogP contribution in [0.5, 0.6) is 0 Å². The summed E-state index contributed by atoms with van der Waals surface area (Å²) in [6, 6.07) is 8.04. The molecule has 6 heteroatoms. The molecule has 2 amide bonds. The third-order valence-electron chi connectivity index (χ3n) is 3.59. The lowest BCUT2D eigenvalue weighted by Gasteiger charge is -2.24. The molecule has 0 bridgehead atoms. The summed E-state index contributed by atoms with van der Waals surface area (Å²) >= 11 is 0. The summed E-state index contributed by atoms with van der Waals surface area (Å²) in [6.45, 7) is 0.322. The van der Waals surface area contributed by atoms with Crippen LogP contribution >= 0.6 is 0 Å². The molecule has 3 N–H and O–H groups in total. The fourth-order valence-electron chi connectivity index (χ4n) is 2.49. The number of carbonyl (C=O) groups is 2. The predicted molar refractivity (Wildman–Crippen MR) is 81.6 cm³/mol. The zero-order valence-electron chi connectivity index (χ0n) is 12.5. The molecule has 0 saturated carbocycles. The number of nitrogens with zero attached hydrogens (tertiary/aromatic N) is 2. The topological polar surface area (TPSA) is 80.4 Å². The fourth-order valence-corrected chi connectivity index (χ4v) is 2.49. The highest BCUT2D eigenvalue weighted by atomic mass is 16.2. The van der Waals surface area contributed by atoms with Gasteiger partial charge >= 0.3 is 11.8 Å². The molecule has 1 aromatic carbocycles. The Morgan fingerprint density at radius 2 is 2.00 bits per heavy atom. The van der Waals surface area contributed by atoms with Crippen LogP contribution in [0, 0.1) is 0 Å². The standard InChI is InChI=1S/C15H20N4O2/c1-18(2)13(8-17-15(21)14(16)20)11-9-19(3)12-7-5-4-6-10(11)12/h4-7,9,13H,8H2,1-3H3,(H2,16,20)(H,17,21). The van der Waals surface area contributed by atoms with Gasteiger partial charge in [0.05, 0.1) is 6.04 Å². The summed E-state index contributed by atoms with van der Waals surface area (Å²) < 4.78 is 2.05. The van der Waals surface area contributed by atoms with E-state index in [1.165, 1.54) is 0 Å². The van der Waals surface area contributed by atoms with Crippen molar-refractivity contribution in [1.29, 1.82) is 0 Å². The minimum atomic E-state index is -0.967. The van der Waals surface area contributed by atoms with Gasteiger partial charge in [0.1, 0.15) is 0 Å². The maximum Gasteiger partial charge on any atom is 0.309 e. The minimum Gasteiger partial charge on any atom is -0.361 e. The Morgan fingerprint density at radius 3 is 2.62 bits per heavy atom. The monoisotopic (exact) mass is 288 g/mol. The number of nitrogens with two attached hydrogens (primary N) is 1. The number of benzene rings is 1. The van der Waals surface area contributed by atoms with Crippen LogP contribution in [0.4, 0.5) is 0 Å². The lowest BCUT2D eigenvalue weighted by molar-refractivity contribution is -0.137. The number of primary amides is 1. The quantitative estimate of drug-likeness (QED) is 0.798. The van der Waals surface area contributed by atoms with Gasteiger partial charge in [0.2, 0.25) is 0 Å². The number of hydrogen-bond donors (Lipinski definition) is 2. The van der Waals surface area contributed by atoms with E-state index in [2.05, 4.69) is 16.0 Å². The largest absolute Gasteiger partial charge is 0.361 e. The highest BCUT2D eigenvalue weighted by molar-refractivity contribution is 6.34. The van der Waals surface area contributed by atoms with Crippen LogP contribution in [0.1, 0.15) is 11.6 Å². The zero-order valence-corrected chi connectivity index (χ0v) is 12.5. The average Bonchev–Trinajstić information content (AvgIpc) is 2.76. The first-order valence-electron chi connectivity index (χ1n) is 6.70. The number of amides is 2. The van der Waals surface area contributed by atoms with E-state index >= 15 is 0 Å². The molecule has 0 saturated heterocycles. The maximum absolute atomic E-state index is 11.4. The molecule has 1 atom stereocenters. The molecule has 0 aliphatic carbocycles. The number of aryl methyl sites for hydroxylation is 1. The highest BCUT2D eigenvalue weighted by Crippen LogP contribution is 2.28. The Labute approximate surface area is 123 Å². The van der Waals surface area contributed by atoms with Crippen molar-refractivity contribution in [3.8, 4) is 0 Å². The first-order chi connectivity index (χ1) is 9.91. The smallest absolute Gasteiger partial charge is 0.309 e. The molecular weight excluding hydrogens is 268 g/mol. The van der Waals surface area contributed by atoms with E-state index in [1.54, 1.807) is 0 Å². The second kappa shape index (κ2) is 5.97. The van der Waals surface area contributed by atoms with E-state index in [9.17, 15) is 9.59 Å². The fraction of sp³-hybridized carbons (Fsp3) is 0.333. The van der Waals surface area contributed by atoms with E-state index in [0.29, 0.717) is 6.54 Å². The van der Waals surface area contributed by atoms with E-state index in [1.807, 2.05) is 50.4 Å². The Kier molecular flexibility index (Phi) is 4.28. The number of nitrogens with one attached hydrogen (secondary N) is 1. The molecule has 2 rings (SSSR count). The summed E-state index contributed by atoms with van der Waals surface area (Å²) in [5.41, 5.74) is 7.19. The van der Waals surface area contributed by atoms with E-state index in [-0.39, 0.29) is 6.04 Å². The van der Waals surface area contributed by atoms with E-state index < -0.39 is 11.8 Å². The molecular formula is C15H20N4O2. The molecule has 2 aromatic rings. The molecule has 1 unspecified atom stereocenters. The van der Waals surface area contributed by atoms with Gasteiger partial charge in [0.25, 0.3) is 0 Å². The van der Waals surface area contributed by atoms with Crippen molar-refractivity contribution in [3.63, 3.8) is 0 Å². The molecule has 0 fully saturated rings. The number of rotatable bonds is 4. The third-order valence-corrected chi connectivity index (χ3v) is 3.59. The average molecular weight is 288 g/mol. The van der Waals surface area contributed by atoms with Gasteiger partial charge in [0, 0.05) is 30.7 Å². The lowest BCUT2D eigenvalue weighted by Crippen LogP contribution is -2.40. The molecule has 0 radical (unpaired) electrons. The van der Waals surface area contributed by atoms with Crippen LogP contribution in [-0.4, -0.2) is 41.9 Å². The Hall–Kier alpha value is -2.34. The number of aromatic nitrogens is 1. The highest BCUT2D eigenvalue weighted by Gasteiger charge is 2.20. The van der Waals surface area contributed by atoms with E-state index in [4.69, 9.17) is 5.73 Å². The Balaban J connectivity index is 2.33. The van der Waals surface area contributed by atoms with Gasteiger partial charge in [-0.05, 0) is 25.7 Å². The maximum atomic E-state index is 11.4. The van der Waals surface area contributed by atoms with Crippen LogP contribution < -0.4 is 11.1 Å². The van der Waals surface area contributed by atoms with Gasteiger partial charge in [-0.1, -0.05) is 18.2 Å². The van der Waals surface area contributed by atoms with Crippen molar-refractivity contribution < 1.29 is 9.59 Å². The van der Waals surface area contributed by atoms with Crippen molar-refractivity contribution >= 4 is 22.7 Å². The van der Waals surface area contributed by atoms with Gasteiger partial charge in [-0.25, -0.2) is 0 Å². The molecule has 6 nitrogen and oxygen atoms in total. The molecule has 21 heavy (non-hydrogen) atoms. The molecule has 112 valence electrons. The van der Waals surface area contributed by atoms with Gasteiger partial charge < -0.3 is 20.5 Å². The zero-order chi connectivity index (χ0) is 15.6. The molecule has 0 aliphatic heterocycles. The summed E-state index contributed by atoms with van der Waals surface area (Å²) in [7, 11) is 5.85. The predicted octanol–water partition coefficient (Wildman–Crippen LogP) is 0.383. The summed E-state index contributed by atoms with van der Waals surface area (Å²) in [5, 5.41) is 3.70. The van der Waals surface area contributed by atoms with Crippen molar-refractivity contribution in [3.05, 3.63) is 36.0 Å². The van der Waals surface area contributed by atoms with Crippen LogP contribution in [0.3, 0.4) is 0 Å². The molecule has 0 aliphatic rings. The van der Waals surface area contributed by atoms with E-state index in [0.717, 1.165) is 16.5 Å². The van der Waals surface area contributed by atoms with Crippen LogP contribution in [0.15, 0.2) is 30.5 Å². The van der Waals surface area contributed by atoms with Crippen molar-refractivity contribution in [2.75, 3.05) is 20.6 Å². The molecule has 1 aromatic heterocycles. The molecule has 1 heterocycles. The number of para-hydroxylation sites is 1. The van der Waals surface area contributed by atoms with Crippen LogP contribution in [0.25, 0.3) is 10.9 Å². The summed E-state index contributed by atoms with van der Waals surface area (Å²) in [5.74, 6) is -1.73. The number of fused-ring (bicyclic) bond motifs is 1. The second-order valence-electron chi connectivity index (χ2n) is 5.27. The lowest BCUT2D eigenvalue weighted by atomic mass is 10.0. The number of likely N-dealkylation sites (N-methyl/N-ethyl adjacent to an activating group) is 1. The Morgan fingerprint density at radius 1 is 1.33 bits per heavy atom. The number of hydrogen-bond acceptors (Lipinski definition) is 3.